The quantitative estimate of drug-likeness (QED) is 0.220. The first kappa shape index (κ1) is 20.5. The Labute approximate surface area is 195 Å². The SMILES string of the molecule is Clc1cccc(C(Sc2nnnn2-c2ccccc2)(c2ccccc2)c2ccccc2)c1. The van der Waals surface area contributed by atoms with E-state index in [0.29, 0.717) is 10.2 Å². The van der Waals surface area contributed by atoms with Crippen molar-refractivity contribution in [2.75, 3.05) is 0 Å². The van der Waals surface area contributed by atoms with E-state index >= 15 is 0 Å². The Morgan fingerprint density at radius 1 is 0.656 bits per heavy atom. The predicted molar refractivity (Wildman–Crippen MR) is 129 cm³/mol. The zero-order valence-corrected chi connectivity index (χ0v) is 18.6. The molecule has 0 radical (unpaired) electrons. The molecule has 4 nitrogen and oxygen atoms in total. The lowest BCUT2D eigenvalue weighted by Crippen LogP contribution is -2.26. The third kappa shape index (κ3) is 3.81. The van der Waals surface area contributed by atoms with Crippen molar-refractivity contribution in [1.29, 1.82) is 0 Å². The molecule has 6 heteroatoms. The Morgan fingerprint density at radius 2 is 1.22 bits per heavy atom. The van der Waals surface area contributed by atoms with E-state index < -0.39 is 4.75 Å². The van der Waals surface area contributed by atoms with Crippen LogP contribution in [0.3, 0.4) is 0 Å². The van der Waals surface area contributed by atoms with Crippen LogP contribution in [-0.2, 0) is 4.75 Å². The predicted octanol–water partition coefficient (Wildman–Crippen LogP) is 6.40. The van der Waals surface area contributed by atoms with Crippen molar-refractivity contribution in [3.05, 3.63) is 137 Å². The number of para-hydroxylation sites is 1. The molecule has 0 saturated heterocycles. The fourth-order valence-corrected chi connectivity index (χ4v) is 5.36. The van der Waals surface area contributed by atoms with Gasteiger partial charge in [-0.2, -0.15) is 4.68 Å². The number of nitrogens with zero attached hydrogens (tertiary/aromatic N) is 4. The molecule has 1 heterocycles. The van der Waals surface area contributed by atoms with Gasteiger partial charge in [0.05, 0.1) is 10.4 Å². The number of tetrazole rings is 1. The zero-order chi connectivity index (χ0) is 21.8. The number of hydrogen-bond donors (Lipinski definition) is 0. The van der Waals surface area contributed by atoms with Crippen molar-refractivity contribution in [1.82, 2.24) is 20.2 Å². The second-order valence-electron chi connectivity index (χ2n) is 7.23. The van der Waals surface area contributed by atoms with Crippen LogP contribution in [0.15, 0.2) is 120 Å². The van der Waals surface area contributed by atoms with Crippen LogP contribution >= 0.6 is 23.4 Å². The number of halogens is 1. The first-order valence-corrected chi connectivity index (χ1v) is 11.4. The van der Waals surface area contributed by atoms with Gasteiger partial charge in [0.2, 0.25) is 5.16 Å². The zero-order valence-electron chi connectivity index (χ0n) is 17.0. The number of benzene rings is 4. The summed E-state index contributed by atoms with van der Waals surface area (Å²) in [5.74, 6) is 0. The molecular formula is C26H19ClN4S. The number of hydrogen-bond acceptors (Lipinski definition) is 4. The highest BCUT2D eigenvalue weighted by atomic mass is 35.5. The van der Waals surface area contributed by atoms with Crippen LogP contribution in [0, 0.1) is 0 Å². The lowest BCUT2D eigenvalue weighted by atomic mass is 9.84. The van der Waals surface area contributed by atoms with Crippen molar-refractivity contribution in [3.8, 4) is 5.69 Å². The highest BCUT2D eigenvalue weighted by Crippen LogP contribution is 2.51. The fraction of sp³-hybridized carbons (Fsp3) is 0.0385. The standard InChI is InChI=1S/C26H19ClN4S/c27-23-16-10-15-22(19-23)26(20-11-4-1-5-12-20,21-13-6-2-7-14-21)32-25-28-29-30-31(25)24-17-8-3-9-18-24/h1-19H. The molecule has 0 atom stereocenters. The maximum Gasteiger partial charge on any atom is 0.215 e. The summed E-state index contributed by atoms with van der Waals surface area (Å²) >= 11 is 8.08. The third-order valence-electron chi connectivity index (χ3n) is 5.28. The van der Waals surface area contributed by atoms with E-state index in [0.717, 1.165) is 22.4 Å². The second-order valence-corrected chi connectivity index (χ2v) is 8.85. The summed E-state index contributed by atoms with van der Waals surface area (Å²) in [7, 11) is 0. The van der Waals surface area contributed by atoms with Crippen molar-refractivity contribution in [3.63, 3.8) is 0 Å². The minimum atomic E-state index is -0.616. The maximum atomic E-state index is 6.48. The van der Waals surface area contributed by atoms with Crippen molar-refractivity contribution < 1.29 is 0 Å². The van der Waals surface area contributed by atoms with Crippen LogP contribution in [0.4, 0.5) is 0 Å². The summed E-state index contributed by atoms with van der Waals surface area (Å²) in [5.41, 5.74) is 4.18. The summed E-state index contributed by atoms with van der Waals surface area (Å²) < 4.78 is 1.16. The summed E-state index contributed by atoms with van der Waals surface area (Å²) in [6.45, 7) is 0. The normalized spacial score (nSPS) is 11.4. The summed E-state index contributed by atoms with van der Waals surface area (Å²) in [6.07, 6.45) is 0. The van der Waals surface area contributed by atoms with Gasteiger partial charge in [0.1, 0.15) is 0 Å². The molecule has 32 heavy (non-hydrogen) atoms. The van der Waals surface area contributed by atoms with Crippen LogP contribution in [0.1, 0.15) is 16.7 Å². The molecule has 0 aliphatic carbocycles. The molecule has 0 N–H and O–H groups in total. The van der Waals surface area contributed by atoms with Gasteiger partial charge >= 0.3 is 0 Å². The van der Waals surface area contributed by atoms with Gasteiger partial charge in [-0.15, -0.1) is 5.10 Å². The van der Waals surface area contributed by atoms with Gasteiger partial charge in [-0.25, -0.2) is 0 Å². The van der Waals surface area contributed by atoms with Gasteiger partial charge in [-0.1, -0.05) is 114 Å². The van der Waals surface area contributed by atoms with Gasteiger partial charge in [0, 0.05) is 5.02 Å². The van der Waals surface area contributed by atoms with Crippen molar-refractivity contribution in [2.45, 2.75) is 9.90 Å². The van der Waals surface area contributed by atoms with Gasteiger partial charge in [-0.3, -0.25) is 0 Å². The van der Waals surface area contributed by atoms with E-state index in [1.807, 2.05) is 60.7 Å². The minimum absolute atomic E-state index is 0.616. The Balaban J connectivity index is 1.77. The maximum absolute atomic E-state index is 6.48. The first-order valence-electron chi connectivity index (χ1n) is 10.2. The van der Waals surface area contributed by atoms with Crippen LogP contribution in [0.25, 0.3) is 5.69 Å². The van der Waals surface area contributed by atoms with Gasteiger partial charge < -0.3 is 0 Å². The molecule has 0 aliphatic rings. The lowest BCUT2D eigenvalue weighted by molar-refractivity contribution is 0.751. The molecule has 1 aromatic heterocycles. The van der Waals surface area contributed by atoms with Crippen LogP contribution in [-0.4, -0.2) is 20.2 Å². The number of thioether (sulfide) groups is 1. The van der Waals surface area contributed by atoms with Crippen LogP contribution in [0.5, 0.6) is 0 Å². The molecule has 5 rings (SSSR count). The van der Waals surface area contributed by atoms with Crippen LogP contribution < -0.4 is 0 Å². The summed E-state index contributed by atoms with van der Waals surface area (Å²) in [6, 6.07) is 38.7. The average Bonchev–Trinajstić information content (AvgIpc) is 3.32. The number of aromatic nitrogens is 4. The molecule has 5 aromatic rings. The molecule has 0 bridgehead atoms. The van der Waals surface area contributed by atoms with Crippen molar-refractivity contribution >= 4 is 23.4 Å². The van der Waals surface area contributed by atoms with E-state index in [1.165, 1.54) is 0 Å². The monoisotopic (exact) mass is 454 g/mol. The van der Waals surface area contributed by atoms with Gasteiger partial charge in [0.25, 0.3) is 0 Å². The smallest absolute Gasteiger partial charge is 0.187 e. The molecule has 0 spiro atoms. The third-order valence-corrected chi connectivity index (χ3v) is 6.96. The Hall–Kier alpha value is -3.41. The Bertz CT molecular complexity index is 1270. The molecule has 0 fully saturated rings. The first-order chi connectivity index (χ1) is 15.8. The van der Waals surface area contributed by atoms with E-state index in [1.54, 1.807) is 16.4 Å². The largest absolute Gasteiger partial charge is 0.215 e. The molecule has 0 unspecified atom stereocenters. The summed E-state index contributed by atoms with van der Waals surface area (Å²) in [5, 5.41) is 14.0. The van der Waals surface area contributed by atoms with E-state index in [2.05, 4.69) is 70.1 Å². The average molecular weight is 455 g/mol. The highest BCUT2D eigenvalue weighted by molar-refractivity contribution is 8.00. The molecule has 0 saturated carbocycles. The summed E-state index contributed by atoms with van der Waals surface area (Å²) in [4.78, 5) is 0. The Kier molecular flexibility index (Phi) is 5.75. The molecule has 0 amide bonds. The topological polar surface area (TPSA) is 43.6 Å². The second kappa shape index (κ2) is 8.99. The fourth-order valence-electron chi connectivity index (χ4n) is 3.84. The lowest BCUT2D eigenvalue weighted by Gasteiger charge is -2.34. The highest BCUT2D eigenvalue weighted by Gasteiger charge is 2.39. The van der Waals surface area contributed by atoms with E-state index in [4.69, 9.17) is 11.6 Å². The Morgan fingerprint density at radius 3 is 1.81 bits per heavy atom. The number of rotatable bonds is 6. The molecule has 0 aliphatic heterocycles. The van der Waals surface area contributed by atoms with Gasteiger partial charge in [0.15, 0.2) is 0 Å². The van der Waals surface area contributed by atoms with Crippen molar-refractivity contribution in [2.24, 2.45) is 0 Å². The van der Waals surface area contributed by atoms with Gasteiger partial charge in [-0.05, 0) is 51.4 Å². The van der Waals surface area contributed by atoms with Crippen LogP contribution in [0.2, 0.25) is 5.02 Å². The molecular weight excluding hydrogens is 436 g/mol. The minimum Gasteiger partial charge on any atom is -0.187 e. The van der Waals surface area contributed by atoms with E-state index in [-0.39, 0.29) is 0 Å². The molecule has 4 aromatic carbocycles. The molecule has 156 valence electrons. The van der Waals surface area contributed by atoms with E-state index in [9.17, 15) is 0 Å².